The SMILES string of the molecule is CC1CCN([C@H](c2cc3cc4c(cc3[nH]c2=O)OCO4)c2nnnn2Cc2ccc(F)cc2)CC1. The molecule has 1 fully saturated rings. The lowest BCUT2D eigenvalue weighted by atomic mass is 9.95. The maximum atomic E-state index is 13.4. The maximum absolute atomic E-state index is 13.4. The fraction of sp³-hybridized carbons (Fsp3) is 0.360. The van der Waals surface area contributed by atoms with Crippen LogP contribution in [0.5, 0.6) is 11.5 Å². The number of piperidine rings is 1. The number of aromatic amines is 1. The molecule has 4 heterocycles. The summed E-state index contributed by atoms with van der Waals surface area (Å²) in [5.41, 5.74) is 1.92. The van der Waals surface area contributed by atoms with E-state index in [1.54, 1.807) is 22.9 Å². The standard InChI is InChI=1S/C25H25FN6O3/c1-15-6-8-31(9-7-15)23(24-28-29-30-32(24)13-16-2-4-18(26)5-3-16)19-10-17-11-21-22(35-14-34-21)12-20(17)27-25(19)33/h2-5,10-12,15,23H,6-9,13-14H2,1H3,(H,27,33)/t23-/m1/s1. The molecule has 0 radical (unpaired) electrons. The van der Waals surface area contributed by atoms with Crippen LogP contribution in [-0.4, -0.2) is 50.0 Å². The summed E-state index contributed by atoms with van der Waals surface area (Å²) in [5, 5.41) is 13.4. The van der Waals surface area contributed by atoms with Crippen molar-refractivity contribution in [1.82, 2.24) is 30.1 Å². The van der Waals surface area contributed by atoms with Gasteiger partial charge in [0.25, 0.3) is 5.56 Å². The predicted molar refractivity (Wildman–Crippen MR) is 126 cm³/mol. The first-order chi connectivity index (χ1) is 17.0. The molecular weight excluding hydrogens is 451 g/mol. The van der Waals surface area contributed by atoms with Gasteiger partial charge in [0.1, 0.15) is 11.9 Å². The van der Waals surface area contributed by atoms with Gasteiger partial charge in [0.05, 0.1) is 12.1 Å². The summed E-state index contributed by atoms with van der Waals surface area (Å²) in [5.74, 6) is 2.17. The van der Waals surface area contributed by atoms with Crippen molar-refractivity contribution in [2.24, 2.45) is 5.92 Å². The molecule has 35 heavy (non-hydrogen) atoms. The number of pyridine rings is 1. The van der Waals surface area contributed by atoms with Gasteiger partial charge in [-0.2, -0.15) is 0 Å². The molecule has 180 valence electrons. The van der Waals surface area contributed by atoms with E-state index in [2.05, 4.69) is 32.3 Å². The van der Waals surface area contributed by atoms with Gasteiger partial charge in [-0.15, -0.1) is 5.10 Å². The van der Waals surface area contributed by atoms with Crippen LogP contribution in [0, 0.1) is 11.7 Å². The Morgan fingerprint density at radius 3 is 2.63 bits per heavy atom. The molecule has 1 atom stereocenters. The Labute approximate surface area is 200 Å². The number of hydrogen-bond donors (Lipinski definition) is 1. The smallest absolute Gasteiger partial charge is 0.253 e. The van der Waals surface area contributed by atoms with Crippen molar-refractivity contribution in [3.05, 3.63) is 75.6 Å². The van der Waals surface area contributed by atoms with Crippen molar-refractivity contribution in [3.8, 4) is 11.5 Å². The van der Waals surface area contributed by atoms with Crippen LogP contribution in [0.4, 0.5) is 4.39 Å². The second-order valence-corrected chi connectivity index (χ2v) is 9.29. The van der Waals surface area contributed by atoms with Gasteiger partial charge in [-0.3, -0.25) is 9.69 Å². The zero-order valence-corrected chi connectivity index (χ0v) is 19.3. The molecule has 10 heteroatoms. The molecule has 2 aromatic carbocycles. The third kappa shape index (κ3) is 4.14. The van der Waals surface area contributed by atoms with E-state index in [0.29, 0.717) is 40.9 Å². The summed E-state index contributed by atoms with van der Waals surface area (Å²) < 4.78 is 26.1. The Balaban J connectivity index is 1.45. The number of tetrazole rings is 1. The topological polar surface area (TPSA) is 98.2 Å². The number of halogens is 1. The fourth-order valence-electron chi connectivity index (χ4n) is 4.88. The van der Waals surface area contributed by atoms with Gasteiger partial charge >= 0.3 is 0 Å². The first kappa shape index (κ1) is 21.7. The Morgan fingerprint density at radius 2 is 1.86 bits per heavy atom. The molecule has 2 aliphatic heterocycles. The molecule has 0 amide bonds. The number of benzene rings is 2. The van der Waals surface area contributed by atoms with Crippen molar-refractivity contribution in [2.75, 3.05) is 19.9 Å². The van der Waals surface area contributed by atoms with E-state index in [1.807, 2.05) is 12.1 Å². The second-order valence-electron chi connectivity index (χ2n) is 9.29. The minimum Gasteiger partial charge on any atom is -0.454 e. The van der Waals surface area contributed by atoms with E-state index in [0.717, 1.165) is 36.9 Å². The molecule has 1 N–H and O–H groups in total. The van der Waals surface area contributed by atoms with E-state index < -0.39 is 6.04 Å². The van der Waals surface area contributed by atoms with E-state index >= 15 is 0 Å². The fourth-order valence-corrected chi connectivity index (χ4v) is 4.88. The molecule has 2 aliphatic rings. The average Bonchev–Trinajstić information content (AvgIpc) is 3.50. The molecule has 0 saturated carbocycles. The highest BCUT2D eigenvalue weighted by Crippen LogP contribution is 2.37. The molecule has 9 nitrogen and oxygen atoms in total. The van der Waals surface area contributed by atoms with Crippen LogP contribution in [0.1, 0.15) is 42.8 Å². The molecule has 1 saturated heterocycles. The van der Waals surface area contributed by atoms with E-state index in [9.17, 15) is 9.18 Å². The van der Waals surface area contributed by atoms with Crippen LogP contribution < -0.4 is 15.0 Å². The maximum Gasteiger partial charge on any atom is 0.253 e. The van der Waals surface area contributed by atoms with E-state index in [-0.39, 0.29) is 18.2 Å². The molecule has 0 bridgehead atoms. The first-order valence-corrected chi connectivity index (χ1v) is 11.8. The van der Waals surface area contributed by atoms with Crippen LogP contribution in [0.3, 0.4) is 0 Å². The van der Waals surface area contributed by atoms with Gasteiger partial charge in [-0.05, 0) is 72.1 Å². The monoisotopic (exact) mass is 476 g/mol. The molecular formula is C25H25FN6O3. The van der Waals surface area contributed by atoms with Crippen molar-refractivity contribution in [2.45, 2.75) is 32.4 Å². The number of nitrogens with one attached hydrogen (secondary N) is 1. The third-order valence-corrected chi connectivity index (χ3v) is 6.89. The lowest BCUT2D eigenvalue weighted by Gasteiger charge is -2.35. The first-order valence-electron chi connectivity index (χ1n) is 11.8. The highest BCUT2D eigenvalue weighted by atomic mass is 19.1. The number of H-pyrrole nitrogens is 1. The Hall–Kier alpha value is -3.79. The molecule has 0 spiro atoms. The number of fused-ring (bicyclic) bond motifs is 2. The van der Waals surface area contributed by atoms with E-state index in [1.165, 1.54) is 12.1 Å². The average molecular weight is 477 g/mol. The quantitative estimate of drug-likeness (QED) is 0.472. The minimum atomic E-state index is -0.434. The van der Waals surface area contributed by atoms with Crippen LogP contribution in [0.15, 0.2) is 47.3 Å². The van der Waals surface area contributed by atoms with Crippen LogP contribution in [-0.2, 0) is 6.54 Å². The third-order valence-electron chi connectivity index (χ3n) is 6.89. The van der Waals surface area contributed by atoms with Gasteiger partial charge in [-0.1, -0.05) is 19.1 Å². The van der Waals surface area contributed by atoms with Gasteiger partial charge < -0.3 is 14.5 Å². The van der Waals surface area contributed by atoms with Crippen molar-refractivity contribution in [1.29, 1.82) is 0 Å². The van der Waals surface area contributed by atoms with Gasteiger partial charge in [0.15, 0.2) is 17.3 Å². The number of ether oxygens (including phenoxy) is 2. The van der Waals surface area contributed by atoms with Gasteiger partial charge in [0, 0.05) is 17.0 Å². The van der Waals surface area contributed by atoms with Crippen molar-refractivity contribution in [3.63, 3.8) is 0 Å². The Morgan fingerprint density at radius 1 is 1.11 bits per heavy atom. The summed E-state index contributed by atoms with van der Waals surface area (Å²) in [6, 6.07) is 11.4. The zero-order chi connectivity index (χ0) is 23.9. The largest absolute Gasteiger partial charge is 0.454 e. The molecule has 0 aliphatic carbocycles. The van der Waals surface area contributed by atoms with Crippen molar-refractivity contribution < 1.29 is 13.9 Å². The summed E-state index contributed by atoms with van der Waals surface area (Å²) in [7, 11) is 0. The number of likely N-dealkylation sites (tertiary alicyclic amines) is 1. The lowest BCUT2D eigenvalue weighted by Crippen LogP contribution is -2.40. The highest BCUT2D eigenvalue weighted by molar-refractivity contribution is 5.83. The van der Waals surface area contributed by atoms with Crippen LogP contribution >= 0.6 is 0 Å². The molecule has 6 rings (SSSR count). The van der Waals surface area contributed by atoms with Crippen LogP contribution in [0.2, 0.25) is 0 Å². The number of nitrogens with zero attached hydrogens (tertiary/aromatic N) is 5. The summed E-state index contributed by atoms with van der Waals surface area (Å²) in [6.07, 6.45) is 2.06. The summed E-state index contributed by atoms with van der Waals surface area (Å²) >= 11 is 0. The molecule has 0 unspecified atom stereocenters. The normalized spacial score (nSPS) is 17.2. The predicted octanol–water partition coefficient (Wildman–Crippen LogP) is 3.25. The van der Waals surface area contributed by atoms with Crippen molar-refractivity contribution >= 4 is 10.9 Å². The molecule has 4 aromatic rings. The summed E-state index contributed by atoms with van der Waals surface area (Å²) in [4.78, 5) is 18.7. The zero-order valence-electron chi connectivity index (χ0n) is 19.3. The second kappa shape index (κ2) is 8.77. The highest BCUT2D eigenvalue weighted by Gasteiger charge is 2.32. The minimum absolute atomic E-state index is 0.162. The number of hydrogen-bond acceptors (Lipinski definition) is 7. The number of aromatic nitrogens is 5. The van der Waals surface area contributed by atoms with E-state index in [4.69, 9.17) is 9.47 Å². The van der Waals surface area contributed by atoms with Crippen LogP contribution in [0.25, 0.3) is 10.9 Å². The summed E-state index contributed by atoms with van der Waals surface area (Å²) in [6.45, 7) is 4.43. The Kier molecular flexibility index (Phi) is 5.44. The van der Waals surface area contributed by atoms with Gasteiger partial charge in [-0.25, -0.2) is 9.07 Å². The lowest BCUT2D eigenvalue weighted by molar-refractivity contribution is 0.149. The Bertz CT molecular complexity index is 1430. The number of rotatable bonds is 5. The van der Waals surface area contributed by atoms with Gasteiger partial charge in [0.2, 0.25) is 6.79 Å². The molecule has 2 aromatic heterocycles.